The van der Waals surface area contributed by atoms with Crippen LogP contribution in [0.4, 0.5) is 0 Å². The monoisotopic (exact) mass is 142 g/mol. The fourth-order valence-electron chi connectivity index (χ4n) is 0.640. The summed E-state index contributed by atoms with van der Waals surface area (Å²) in [4.78, 5) is 10.9. The molecule has 0 aliphatic rings. The largest absolute Gasteiger partial charge is 0.301 e. The zero-order chi connectivity index (χ0) is 7.28. The number of unbranched alkanes of at least 4 members (excludes halogenated alkanes) is 1. The van der Waals surface area contributed by atoms with E-state index in [2.05, 4.69) is 6.92 Å². The molecule has 2 heteroatoms. The van der Waals surface area contributed by atoms with Crippen LogP contribution in [0.15, 0.2) is 0 Å². The first-order valence-electron chi connectivity index (χ1n) is 3.71. The van der Waals surface area contributed by atoms with Crippen LogP contribution in [0.1, 0.15) is 33.1 Å². The minimum atomic E-state index is 0.372. The van der Waals surface area contributed by atoms with E-state index in [4.69, 9.17) is 0 Å². The summed E-state index contributed by atoms with van der Waals surface area (Å²) in [5.41, 5.74) is 0. The van der Waals surface area contributed by atoms with Crippen LogP contribution in [0.3, 0.4) is 0 Å². The standard InChI is InChI=1S/C7H13O.Al.2H/c1-3-5-6-7(8)4-2;;;/h4H,3,5-6H2,1-2H3;;;. The highest BCUT2D eigenvalue weighted by atomic mass is 27.0. The lowest BCUT2D eigenvalue weighted by Gasteiger charge is -2.00. The van der Waals surface area contributed by atoms with Gasteiger partial charge < -0.3 is 4.79 Å². The van der Waals surface area contributed by atoms with Crippen molar-refractivity contribution >= 4 is 22.1 Å². The van der Waals surface area contributed by atoms with Gasteiger partial charge >= 0.3 is 0 Å². The number of ketones is 1. The first-order valence-corrected chi connectivity index (χ1v) is 4.86. The second kappa shape index (κ2) is 5.02. The van der Waals surface area contributed by atoms with Crippen molar-refractivity contribution in [2.75, 3.05) is 0 Å². The van der Waals surface area contributed by atoms with Gasteiger partial charge in [-0.25, -0.2) is 0 Å². The third-order valence-corrected chi connectivity index (χ3v) is 2.06. The quantitative estimate of drug-likeness (QED) is 0.539. The van der Waals surface area contributed by atoms with Crippen molar-refractivity contribution in [3.05, 3.63) is 0 Å². The van der Waals surface area contributed by atoms with Crippen molar-refractivity contribution in [2.45, 2.75) is 37.9 Å². The number of Topliss-reactive ketones (excluding diaryl/α,β-unsaturated/α-hetero) is 1. The van der Waals surface area contributed by atoms with Crippen LogP contribution in [0.25, 0.3) is 0 Å². The molecule has 0 spiro atoms. The van der Waals surface area contributed by atoms with Gasteiger partial charge in [0, 0.05) is 6.42 Å². The Balaban J connectivity index is 3.28. The van der Waals surface area contributed by atoms with Crippen LogP contribution in [0.2, 0.25) is 4.78 Å². The predicted molar refractivity (Wildman–Crippen MR) is 42.5 cm³/mol. The minimum Gasteiger partial charge on any atom is -0.301 e. The average Bonchev–Trinajstić information content (AvgIpc) is 1.82. The molecule has 1 unspecified atom stereocenters. The smallest absolute Gasteiger partial charge is 0.227 e. The first-order chi connectivity index (χ1) is 4.18. The highest BCUT2D eigenvalue weighted by Gasteiger charge is 2.04. The van der Waals surface area contributed by atoms with Crippen molar-refractivity contribution in [1.29, 1.82) is 0 Å². The van der Waals surface area contributed by atoms with Gasteiger partial charge in [0.25, 0.3) is 0 Å². The summed E-state index contributed by atoms with van der Waals surface area (Å²) in [5.74, 6) is 0.462. The maximum absolute atomic E-state index is 10.9. The summed E-state index contributed by atoms with van der Waals surface area (Å²) in [7, 11) is 0. The summed E-state index contributed by atoms with van der Waals surface area (Å²) < 4.78 is 0.372. The molecule has 0 saturated carbocycles. The van der Waals surface area contributed by atoms with Crippen LogP contribution in [-0.2, 0) is 4.79 Å². The molecule has 0 bridgehead atoms. The zero-order valence-corrected chi connectivity index (χ0v) is 8.61. The van der Waals surface area contributed by atoms with Crippen molar-refractivity contribution < 1.29 is 4.79 Å². The number of hydrogen-bond acceptors (Lipinski definition) is 1. The molecule has 0 amide bonds. The fraction of sp³-hybridized carbons (Fsp3) is 0.857. The van der Waals surface area contributed by atoms with E-state index in [1.165, 1.54) is 0 Å². The molecule has 1 nitrogen and oxygen atoms in total. The molecule has 0 aromatic carbocycles. The van der Waals surface area contributed by atoms with Crippen LogP contribution in [-0.4, -0.2) is 22.1 Å². The van der Waals surface area contributed by atoms with Crippen LogP contribution >= 0.6 is 0 Å². The highest BCUT2D eigenvalue weighted by molar-refractivity contribution is 6.23. The maximum Gasteiger partial charge on any atom is 0.227 e. The summed E-state index contributed by atoms with van der Waals surface area (Å²) in [5, 5.41) is 0. The lowest BCUT2D eigenvalue weighted by molar-refractivity contribution is -0.118. The van der Waals surface area contributed by atoms with Gasteiger partial charge in [0.05, 0.1) is 0 Å². The second-order valence-electron chi connectivity index (χ2n) is 2.72. The summed E-state index contributed by atoms with van der Waals surface area (Å²) >= 11 is 1.02. The maximum atomic E-state index is 10.9. The zero-order valence-electron chi connectivity index (χ0n) is 6.61. The van der Waals surface area contributed by atoms with Gasteiger partial charge in [-0.1, -0.05) is 20.3 Å². The highest BCUT2D eigenvalue weighted by Crippen LogP contribution is 2.05. The Kier molecular flexibility index (Phi) is 5.14. The Labute approximate surface area is 65.3 Å². The van der Waals surface area contributed by atoms with Crippen molar-refractivity contribution in [1.82, 2.24) is 0 Å². The lowest BCUT2D eigenvalue weighted by Crippen LogP contribution is -2.03. The number of carbonyl (C=O) groups excluding carboxylic acids is 1. The SMILES string of the molecule is CCCCC(=O)[CH](C)[AlH2]. The fourth-order valence-corrected chi connectivity index (χ4v) is 0.928. The molecule has 0 saturated heterocycles. The van der Waals surface area contributed by atoms with E-state index in [0.29, 0.717) is 10.6 Å². The molecule has 52 valence electrons. The first kappa shape index (κ1) is 9.20. The third-order valence-electron chi connectivity index (χ3n) is 1.42. The van der Waals surface area contributed by atoms with E-state index in [1.54, 1.807) is 0 Å². The second-order valence-corrected chi connectivity index (χ2v) is 4.46. The molecule has 0 N–H and O–H groups in total. The Morgan fingerprint density at radius 2 is 2.22 bits per heavy atom. The van der Waals surface area contributed by atoms with E-state index in [9.17, 15) is 4.79 Å². The number of carbonyl (C=O) groups is 1. The van der Waals surface area contributed by atoms with E-state index < -0.39 is 0 Å². The Morgan fingerprint density at radius 3 is 2.56 bits per heavy atom. The van der Waals surface area contributed by atoms with Crippen LogP contribution in [0.5, 0.6) is 0 Å². The molecular formula is C7H15AlO. The third kappa shape index (κ3) is 4.69. The van der Waals surface area contributed by atoms with Gasteiger partial charge in [0.15, 0.2) is 0 Å². The van der Waals surface area contributed by atoms with Gasteiger partial charge in [0.2, 0.25) is 16.3 Å². The summed E-state index contributed by atoms with van der Waals surface area (Å²) in [6.07, 6.45) is 3.02. The molecule has 0 fully saturated rings. The van der Waals surface area contributed by atoms with Crippen LogP contribution in [0, 0.1) is 0 Å². The van der Waals surface area contributed by atoms with Crippen LogP contribution < -0.4 is 0 Å². The summed E-state index contributed by atoms with van der Waals surface area (Å²) in [6.45, 7) is 4.13. The van der Waals surface area contributed by atoms with Crippen molar-refractivity contribution in [3.63, 3.8) is 0 Å². The van der Waals surface area contributed by atoms with E-state index in [1.807, 2.05) is 6.92 Å². The topological polar surface area (TPSA) is 17.1 Å². The molecule has 0 aromatic rings. The van der Waals surface area contributed by atoms with Crippen molar-refractivity contribution in [2.24, 2.45) is 0 Å². The number of rotatable bonds is 4. The Morgan fingerprint density at radius 1 is 1.67 bits per heavy atom. The normalized spacial score (nSPS) is 13.1. The van der Waals surface area contributed by atoms with E-state index in [0.717, 1.165) is 35.6 Å². The molecule has 0 aliphatic carbocycles. The molecule has 0 radical (unpaired) electrons. The lowest BCUT2D eigenvalue weighted by atomic mass is 10.1. The molecular weight excluding hydrogens is 127 g/mol. The van der Waals surface area contributed by atoms with Gasteiger partial charge in [-0.3, -0.25) is 0 Å². The van der Waals surface area contributed by atoms with E-state index >= 15 is 0 Å². The van der Waals surface area contributed by atoms with E-state index in [-0.39, 0.29) is 0 Å². The summed E-state index contributed by atoms with van der Waals surface area (Å²) in [6, 6.07) is 0. The van der Waals surface area contributed by atoms with Gasteiger partial charge in [-0.2, -0.15) is 0 Å². The minimum absolute atomic E-state index is 0.372. The molecule has 0 heterocycles. The molecule has 0 rings (SSSR count). The van der Waals surface area contributed by atoms with Crippen molar-refractivity contribution in [3.8, 4) is 0 Å². The molecule has 1 atom stereocenters. The predicted octanol–water partition coefficient (Wildman–Crippen LogP) is 1.19. The van der Waals surface area contributed by atoms with Gasteiger partial charge in [-0.15, -0.1) is 0 Å². The van der Waals surface area contributed by atoms with Gasteiger partial charge in [-0.05, 0) is 11.2 Å². The Bertz CT molecular complexity index is 88.9. The van der Waals surface area contributed by atoms with Gasteiger partial charge in [0.1, 0.15) is 5.78 Å². The number of hydrogen-bond donors (Lipinski definition) is 0. The molecule has 0 aromatic heterocycles. The average molecular weight is 142 g/mol. The molecule has 9 heavy (non-hydrogen) atoms. The molecule has 0 aliphatic heterocycles. The Hall–Kier alpha value is 0.202.